The maximum Gasteiger partial charge on any atom is 0.227 e. The third kappa shape index (κ3) is 5.01. The van der Waals surface area contributed by atoms with Gasteiger partial charge in [-0.1, -0.05) is 35.5 Å². The van der Waals surface area contributed by atoms with E-state index in [2.05, 4.69) is 10.5 Å². The maximum atomic E-state index is 11.4. The van der Waals surface area contributed by atoms with Crippen molar-refractivity contribution in [3.63, 3.8) is 0 Å². The Morgan fingerprint density at radius 3 is 2.71 bits per heavy atom. The van der Waals surface area contributed by atoms with Crippen molar-refractivity contribution in [2.75, 3.05) is 0 Å². The molecule has 1 aromatic rings. The van der Waals surface area contributed by atoms with Crippen molar-refractivity contribution in [2.45, 2.75) is 25.8 Å². The largest absolute Gasteiger partial charge is 0.409 e. The highest BCUT2D eigenvalue weighted by atomic mass is 16.4. The minimum absolute atomic E-state index is 0.0105. The van der Waals surface area contributed by atoms with Crippen LogP contribution in [0.3, 0.4) is 0 Å². The fourth-order valence-corrected chi connectivity index (χ4v) is 1.54. The van der Waals surface area contributed by atoms with Gasteiger partial charge in [-0.2, -0.15) is 0 Å². The molecule has 0 spiro atoms. The Bertz CT molecular complexity index is 390. The summed E-state index contributed by atoms with van der Waals surface area (Å²) in [6.45, 7) is 1.91. The van der Waals surface area contributed by atoms with Crippen molar-refractivity contribution in [3.05, 3.63) is 35.9 Å². The van der Waals surface area contributed by atoms with Crippen molar-refractivity contribution >= 4 is 11.7 Å². The number of benzene rings is 1. The molecule has 1 atom stereocenters. The van der Waals surface area contributed by atoms with Gasteiger partial charge < -0.3 is 16.3 Å². The van der Waals surface area contributed by atoms with Crippen LogP contribution in [0.4, 0.5) is 0 Å². The number of rotatable bonds is 5. The van der Waals surface area contributed by atoms with Crippen molar-refractivity contribution in [1.29, 1.82) is 0 Å². The van der Waals surface area contributed by atoms with Crippen LogP contribution in [0.2, 0.25) is 0 Å². The van der Waals surface area contributed by atoms with Gasteiger partial charge in [0.05, 0.1) is 6.42 Å². The molecule has 0 radical (unpaired) electrons. The highest BCUT2D eigenvalue weighted by Crippen LogP contribution is 2.02. The van der Waals surface area contributed by atoms with E-state index in [-0.39, 0.29) is 24.2 Å². The van der Waals surface area contributed by atoms with Gasteiger partial charge in [-0.25, -0.2) is 0 Å². The average molecular weight is 235 g/mol. The molecule has 0 heterocycles. The average Bonchev–Trinajstić information content (AvgIpc) is 2.29. The molecule has 0 fully saturated rings. The first kappa shape index (κ1) is 13.0. The Morgan fingerprint density at radius 2 is 2.12 bits per heavy atom. The van der Waals surface area contributed by atoms with E-state index in [0.717, 1.165) is 12.0 Å². The molecule has 1 rings (SSSR count). The summed E-state index contributed by atoms with van der Waals surface area (Å²) in [6.07, 6.45) is 0.665. The second kappa shape index (κ2) is 6.52. The second-order valence-electron chi connectivity index (χ2n) is 3.93. The lowest BCUT2D eigenvalue weighted by Crippen LogP contribution is -2.36. The first-order valence-corrected chi connectivity index (χ1v) is 5.41. The van der Waals surface area contributed by atoms with Crippen LogP contribution in [0.1, 0.15) is 18.9 Å². The van der Waals surface area contributed by atoms with E-state index in [4.69, 9.17) is 10.9 Å². The van der Waals surface area contributed by atoms with Gasteiger partial charge in [-0.3, -0.25) is 4.79 Å². The van der Waals surface area contributed by atoms with Crippen LogP contribution in [0.5, 0.6) is 0 Å². The molecule has 0 aliphatic heterocycles. The molecule has 0 bridgehead atoms. The number of nitrogens with two attached hydrogens (primary N) is 1. The van der Waals surface area contributed by atoms with E-state index in [1.165, 1.54) is 0 Å². The molecular weight excluding hydrogens is 218 g/mol. The lowest BCUT2D eigenvalue weighted by molar-refractivity contribution is -0.120. The van der Waals surface area contributed by atoms with Crippen molar-refractivity contribution in [3.8, 4) is 0 Å². The third-order valence-electron chi connectivity index (χ3n) is 2.26. The first-order valence-electron chi connectivity index (χ1n) is 5.41. The lowest BCUT2D eigenvalue weighted by atomic mass is 10.1. The highest BCUT2D eigenvalue weighted by molar-refractivity contribution is 5.98. The number of amidine groups is 1. The predicted octanol–water partition coefficient (Wildman–Crippen LogP) is 0.870. The fourth-order valence-electron chi connectivity index (χ4n) is 1.54. The van der Waals surface area contributed by atoms with Crippen molar-refractivity contribution < 1.29 is 10.0 Å². The van der Waals surface area contributed by atoms with Gasteiger partial charge in [0.2, 0.25) is 5.91 Å². The lowest BCUT2D eigenvalue weighted by Gasteiger charge is -2.13. The SMILES string of the molecule is CC(Cc1ccccc1)NC(=O)CC(N)=NO. The van der Waals surface area contributed by atoms with E-state index < -0.39 is 0 Å². The maximum absolute atomic E-state index is 11.4. The Balaban J connectivity index is 2.39. The van der Waals surface area contributed by atoms with Gasteiger partial charge in [0, 0.05) is 6.04 Å². The Labute approximate surface area is 100 Å². The minimum Gasteiger partial charge on any atom is -0.409 e. The van der Waals surface area contributed by atoms with E-state index in [9.17, 15) is 4.79 Å². The minimum atomic E-state index is -0.247. The zero-order chi connectivity index (χ0) is 12.7. The molecule has 0 aliphatic carbocycles. The number of carbonyl (C=O) groups excluding carboxylic acids is 1. The standard InChI is InChI=1S/C12H17N3O2/c1-9(7-10-5-3-2-4-6-10)14-12(16)8-11(13)15-17/h2-6,9,17H,7-8H2,1H3,(H2,13,15)(H,14,16). The van der Waals surface area contributed by atoms with Crippen molar-refractivity contribution in [1.82, 2.24) is 5.32 Å². The predicted molar refractivity (Wildman–Crippen MR) is 65.8 cm³/mol. The van der Waals surface area contributed by atoms with Crippen LogP contribution >= 0.6 is 0 Å². The topological polar surface area (TPSA) is 87.7 Å². The summed E-state index contributed by atoms with van der Waals surface area (Å²) in [5, 5.41) is 13.9. The zero-order valence-corrected chi connectivity index (χ0v) is 9.76. The smallest absolute Gasteiger partial charge is 0.227 e. The Hall–Kier alpha value is -2.04. The van der Waals surface area contributed by atoms with Crippen LogP contribution in [-0.2, 0) is 11.2 Å². The molecule has 1 unspecified atom stereocenters. The molecule has 5 heteroatoms. The molecule has 17 heavy (non-hydrogen) atoms. The Kier molecular flexibility index (Phi) is 5.00. The van der Waals surface area contributed by atoms with Crippen LogP contribution in [-0.4, -0.2) is 23.0 Å². The molecule has 5 nitrogen and oxygen atoms in total. The van der Waals surface area contributed by atoms with E-state index in [0.29, 0.717) is 0 Å². The quantitative estimate of drug-likeness (QED) is 0.306. The number of hydrogen-bond acceptors (Lipinski definition) is 3. The summed E-state index contributed by atoms with van der Waals surface area (Å²) in [5.74, 6) is -0.335. The molecule has 4 N–H and O–H groups in total. The van der Waals surface area contributed by atoms with Gasteiger partial charge in [-0.15, -0.1) is 0 Å². The van der Waals surface area contributed by atoms with Crippen LogP contribution in [0, 0.1) is 0 Å². The zero-order valence-electron chi connectivity index (χ0n) is 9.76. The van der Waals surface area contributed by atoms with Gasteiger partial charge in [0.1, 0.15) is 5.84 Å². The number of oxime groups is 1. The molecule has 92 valence electrons. The molecule has 1 amide bonds. The number of nitrogens with zero attached hydrogens (tertiary/aromatic N) is 1. The van der Waals surface area contributed by atoms with Gasteiger partial charge in [0.25, 0.3) is 0 Å². The summed E-state index contributed by atoms with van der Waals surface area (Å²) >= 11 is 0. The summed E-state index contributed by atoms with van der Waals surface area (Å²) in [6, 6.07) is 9.89. The summed E-state index contributed by atoms with van der Waals surface area (Å²) in [7, 11) is 0. The van der Waals surface area contributed by atoms with E-state index in [1.54, 1.807) is 0 Å². The number of hydrogen-bond donors (Lipinski definition) is 3. The monoisotopic (exact) mass is 235 g/mol. The number of carbonyl (C=O) groups is 1. The Morgan fingerprint density at radius 1 is 1.47 bits per heavy atom. The molecule has 0 aromatic heterocycles. The van der Waals surface area contributed by atoms with Gasteiger partial charge in [0.15, 0.2) is 0 Å². The molecule has 0 saturated carbocycles. The summed E-state index contributed by atoms with van der Waals surface area (Å²) < 4.78 is 0. The molecular formula is C12H17N3O2. The van der Waals surface area contributed by atoms with Crippen molar-refractivity contribution in [2.24, 2.45) is 10.9 Å². The number of nitrogens with one attached hydrogen (secondary N) is 1. The third-order valence-corrected chi connectivity index (χ3v) is 2.26. The number of amides is 1. The van der Waals surface area contributed by atoms with Gasteiger partial charge in [-0.05, 0) is 18.9 Å². The molecule has 0 aliphatic rings. The normalized spacial score (nSPS) is 13.1. The highest BCUT2D eigenvalue weighted by Gasteiger charge is 2.09. The summed E-state index contributed by atoms with van der Waals surface area (Å²) in [4.78, 5) is 11.4. The molecule has 0 saturated heterocycles. The first-order chi connectivity index (χ1) is 8.11. The summed E-state index contributed by atoms with van der Waals surface area (Å²) in [5.41, 5.74) is 6.40. The van der Waals surface area contributed by atoms with E-state index in [1.807, 2.05) is 37.3 Å². The van der Waals surface area contributed by atoms with E-state index >= 15 is 0 Å². The molecule has 1 aromatic carbocycles. The van der Waals surface area contributed by atoms with Gasteiger partial charge >= 0.3 is 0 Å². The van der Waals surface area contributed by atoms with Crippen LogP contribution < -0.4 is 11.1 Å². The fraction of sp³-hybridized carbons (Fsp3) is 0.333. The van der Waals surface area contributed by atoms with Crippen LogP contribution in [0.15, 0.2) is 35.5 Å². The second-order valence-corrected chi connectivity index (χ2v) is 3.93. The van der Waals surface area contributed by atoms with Crippen LogP contribution in [0.25, 0.3) is 0 Å².